The predicted octanol–water partition coefficient (Wildman–Crippen LogP) is 4.89. The molecule has 0 fully saturated rings. The molecule has 3 heterocycles. The van der Waals surface area contributed by atoms with Crippen LogP contribution in [0, 0.1) is 0 Å². The summed E-state index contributed by atoms with van der Waals surface area (Å²) in [6.07, 6.45) is 6.72. The highest BCUT2D eigenvalue weighted by atomic mass is 32.1. The molecule has 136 valence electrons. The van der Waals surface area contributed by atoms with Gasteiger partial charge in [-0.1, -0.05) is 25.1 Å². The van der Waals surface area contributed by atoms with Gasteiger partial charge in [0.25, 0.3) is 0 Å². The van der Waals surface area contributed by atoms with Crippen LogP contribution in [0.5, 0.6) is 5.75 Å². The van der Waals surface area contributed by atoms with Crippen molar-refractivity contribution < 1.29 is 4.74 Å². The standard InChI is InChI=1S/C20H18N4OS2/c1-3-14-19(27-20(24-14)15-11-21-8-9-22-15)16-12-26-18(23-16)10-13-6-4-5-7-17(13)25-2/h4-9,11-12H,3,10H2,1-2H3. The Morgan fingerprint density at radius 2 is 1.96 bits per heavy atom. The van der Waals surface area contributed by atoms with E-state index in [1.165, 1.54) is 0 Å². The molecule has 4 rings (SSSR count). The van der Waals surface area contributed by atoms with Crippen LogP contribution < -0.4 is 4.74 Å². The average molecular weight is 395 g/mol. The second kappa shape index (κ2) is 7.94. The molecule has 5 nitrogen and oxygen atoms in total. The van der Waals surface area contributed by atoms with Crippen molar-refractivity contribution in [3.63, 3.8) is 0 Å². The number of para-hydroxylation sites is 1. The van der Waals surface area contributed by atoms with E-state index in [4.69, 9.17) is 14.7 Å². The molecule has 0 bridgehead atoms. The molecule has 0 unspecified atom stereocenters. The second-order valence-electron chi connectivity index (χ2n) is 5.85. The Hall–Kier alpha value is -2.64. The molecule has 3 aromatic heterocycles. The van der Waals surface area contributed by atoms with Crippen LogP contribution in [0.15, 0.2) is 48.2 Å². The van der Waals surface area contributed by atoms with Crippen LogP contribution in [0.3, 0.4) is 0 Å². The first-order chi connectivity index (χ1) is 13.3. The second-order valence-corrected chi connectivity index (χ2v) is 7.80. The average Bonchev–Trinajstić information content (AvgIpc) is 3.36. The highest BCUT2D eigenvalue weighted by Gasteiger charge is 2.17. The van der Waals surface area contributed by atoms with Crippen molar-refractivity contribution in [2.75, 3.05) is 7.11 Å². The number of hydrogen-bond donors (Lipinski definition) is 0. The lowest BCUT2D eigenvalue weighted by Gasteiger charge is -2.05. The zero-order valence-corrected chi connectivity index (χ0v) is 16.7. The number of hydrogen-bond acceptors (Lipinski definition) is 7. The zero-order valence-electron chi connectivity index (χ0n) is 15.0. The predicted molar refractivity (Wildman–Crippen MR) is 109 cm³/mol. The van der Waals surface area contributed by atoms with Crippen molar-refractivity contribution in [3.05, 3.63) is 64.5 Å². The van der Waals surface area contributed by atoms with Gasteiger partial charge in [0.05, 0.1) is 34.6 Å². The molecule has 0 amide bonds. The highest BCUT2D eigenvalue weighted by molar-refractivity contribution is 7.19. The minimum absolute atomic E-state index is 0.756. The van der Waals surface area contributed by atoms with Gasteiger partial charge in [0.15, 0.2) is 0 Å². The topological polar surface area (TPSA) is 60.8 Å². The van der Waals surface area contributed by atoms with Gasteiger partial charge in [0, 0.05) is 29.8 Å². The first-order valence-electron chi connectivity index (χ1n) is 8.61. The summed E-state index contributed by atoms with van der Waals surface area (Å²) in [5.41, 5.74) is 3.97. The summed E-state index contributed by atoms with van der Waals surface area (Å²) in [5.74, 6) is 0.895. The maximum Gasteiger partial charge on any atom is 0.144 e. The summed E-state index contributed by atoms with van der Waals surface area (Å²) in [7, 11) is 1.70. The highest BCUT2D eigenvalue weighted by Crippen LogP contribution is 2.36. The minimum atomic E-state index is 0.756. The van der Waals surface area contributed by atoms with Crippen LogP contribution in [0.25, 0.3) is 21.3 Å². The molecule has 0 aliphatic heterocycles. The Labute approximate surface area is 165 Å². The molecule has 0 aliphatic rings. The van der Waals surface area contributed by atoms with Gasteiger partial charge >= 0.3 is 0 Å². The third-order valence-corrected chi connectivity index (χ3v) is 6.12. The number of rotatable bonds is 6. The fraction of sp³-hybridized carbons (Fsp3) is 0.200. The molecule has 0 radical (unpaired) electrons. The SMILES string of the molecule is CCc1nc(-c2cnccn2)sc1-c1csc(Cc2ccccc2OC)n1. The number of ether oxygens (including phenoxy) is 1. The Morgan fingerprint density at radius 1 is 1.07 bits per heavy atom. The number of thiazole rings is 2. The van der Waals surface area contributed by atoms with Crippen molar-refractivity contribution in [2.24, 2.45) is 0 Å². The van der Waals surface area contributed by atoms with Crippen LogP contribution in [0.1, 0.15) is 23.2 Å². The number of benzene rings is 1. The van der Waals surface area contributed by atoms with E-state index in [0.29, 0.717) is 0 Å². The first-order valence-corrected chi connectivity index (χ1v) is 10.3. The van der Waals surface area contributed by atoms with Crippen LogP contribution in [0.2, 0.25) is 0 Å². The number of methoxy groups -OCH3 is 1. The van der Waals surface area contributed by atoms with Gasteiger partial charge in [-0.25, -0.2) is 9.97 Å². The van der Waals surface area contributed by atoms with E-state index in [2.05, 4.69) is 28.3 Å². The van der Waals surface area contributed by atoms with Gasteiger partial charge in [0.2, 0.25) is 0 Å². The maximum absolute atomic E-state index is 5.45. The first kappa shape index (κ1) is 17.8. The number of nitrogens with zero attached hydrogens (tertiary/aromatic N) is 4. The lowest BCUT2D eigenvalue weighted by molar-refractivity contribution is 0.410. The molecule has 7 heteroatoms. The zero-order chi connectivity index (χ0) is 18.6. The van der Waals surface area contributed by atoms with E-state index >= 15 is 0 Å². The molecule has 0 atom stereocenters. The van der Waals surface area contributed by atoms with E-state index in [1.807, 2.05) is 18.2 Å². The molecule has 27 heavy (non-hydrogen) atoms. The van der Waals surface area contributed by atoms with E-state index in [-0.39, 0.29) is 0 Å². The van der Waals surface area contributed by atoms with Crippen LogP contribution >= 0.6 is 22.7 Å². The summed E-state index contributed by atoms with van der Waals surface area (Å²) in [5, 5.41) is 4.05. The molecule has 1 aromatic carbocycles. The largest absolute Gasteiger partial charge is 0.496 e. The van der Waals surface area contributed by atoms with Gasteiger partial charge < -0.3 is 4.74 Å². The summed E-state index contributed by atoms with van der Waals surface area (Å²) in [6, 6.07) is 8.07. The molecular formula is C20H18N4OS2. The van der Waals surface area contributed by atoms with Crippen molar-refractivity contribution in [2.45, 2.75) is 19.8 Å². The third kappa shape index (κ3) is 3.74. The molecule has 0 saturated heterocycles. The molecule has 0 N–H and O–H groups in total. The quantitative estimate of drug-likeness (QED) is 0.466. The van der Waals surface area contributed by atoms with Gasteiger partial charge in [-0.3, -0.25) is 9.97 Å². The van der Waals surface area contributed by atoms with Crippen LogP contribution in [0.4, 0.5) is 0 Å². The van der Waals surface area contributed by atoms with Crippen molar-refractivity contribution in [1.29, 1.82) is 0 Å². The summed E-state index contributed by atoms with van der Waals surface area (Å²) in [6.45, 7) is 2.11. The summed E-state index contributed by atoms with van der Waals surface area (Å²) >= 11 is 3.29. The molecular weight excluding hydrogens is 376 g/mol. The smallest absolute Gasteiger partial charge is 0.144 e. The third-order valence-electron chi connectivity index (χ3n) is 4.13. The van der Waals surface area contributed by atoms with E-state index in [9.17, 15) is 0 Å². The monoisotopic (exact) mass is 394 g/mol. The van der Waals surface area contributed by atoms with Crippen LogP contribution in [-0.4, -0.2) is 27.0 Å². The van der Waals surface area contributed by atoms with Crippen molar-refractivity contribution in [1.82, 2.24) is 19.9 Å². The lowest BCUT2D eigenvalue weighted by Crippen LogP contribution is -1.93. The summed E-state index contributed by atoms with van der Waals surface area (Å²) < 4.78 is 5.45. The molecule has 0 aliphatic carbocycles. The summed E-state index contributed by atoms with van der Waals surface area (Å²) in [4.78, 5) is 19.2. The van der Waals surface area contributed by atoms with Crippen molar-refractivity contribution >= 4 is 22.7 Å². The van der Waals surface area contributed by atoms with E-state index in [0.717, 1.165) is 56.1 Å². The maximum atomic E-state index is 5.45. The minimum Gasteiger partial charge on any atom is -0.496 e. The van der Waals surface area contributed by atoms with Gasteiger partial charge in [-0.15, -0.1) is 22.7 Å². The normalized spacial score (nSPS) is 10.9. The van der Waals surface area contributed by atoms with Gasteiger partial charge in [0.1, 0.15) is 16.5 Å². The molecule has 4 aromatic rings. The Balaban J connectivity index is 1.64. The van der Waals surface area contributed by atoms with E-state index in [1.54, 1.807) is 48.4 Å². The Bertz CT molecular complexity index is 1040. The number of aromatic nitrogens is 4. The fourth-order valence-electron chi connectivity index (χ4n) is 2.82. The molecule has 0 saturated carbocycles. The fourth-order valence-corrected chi connectivity index (χ4v) is 4.78. The lowest BCUT2D eigenvalue weighted by atomic mass is 10.1. The Kier molecular flexibility index (Phi) is 5.22. The van der Waals surface area contributed by atoms with Gasteiger partial charge in [-0.05, 0) is 12.5 Å². The number of aryl methyl sites for hydroxylation is 1. The van der Waals surface area contributed by atoms with Crippen LogP contribution in [-0.2, 0) is 12.8 Å². The molecule has 0 spiro atoms. The van der Waals surface area contributed by atoms with E-state index < -0.39 is 0 Å². The van der Waals surface area contributed by atoms with Crippen molar-refractivity contribution in [3.8, 4) is 27.0 Å². The van der Waals surface area contributed by atoms with Gasteiger partial charge in [-0.2, -0.15) is 0 Å². The Morgan fingerprint density at radius 3 is 2.74 bits per heavy atom.